The molecule has 1 aromatic rings. The van der Waals surface area contributed by atoms with Gasteiger partial charge in [-0.2, -0.15) is 13.2 Å². The summed E-state index contributed by atoms with van der Waals surface area (Å²) in [6, 6.07) is 2.89. The van der Waals surface area contributed by atoms with Crippen molar-refractivity contribution in [2.45, 2.75) is 20.0 Å². The number of alkyl halides is 3. The van der Waals surface area contributed by atoms with Crippen LogP contribution >= 0.6 is 0 Å². The molecule has 0 fully saturated rings. The van der Waals surface area contributed by atoms with Crippen LogP contribution in [0.1, 0.15) is 24.2 Å². The Morgan fingerprint density at radius 1 is 1.35 bits per heavy atom. The van der Waals surface area contributed by atoms with Gasteiger partial charge in [-0.3, -0.25) is 4.79 Å². The average molecular weight is 334 g/mol. The highest BCUT2D eigenvalue weighted by Gasteiger charge is 2.34. The molecule has 0 aliphatic rings. The van der Waals surface area contributed by atoms with Crippen LogP contribution in [0, 0.1) is 5.92 Å². The largest absolute Gasteiger partial charge is 0.475 e. The molecule has 0 aromatic carbocycles. The van der Waals surface area contributed by atoms with E-state index >= 15 is 0 Å². The average Bonchev–Trinajstić information content (AvgIpc) is 2.45. The van der Waals surface area contributed by atoms with Crippen LogP contribution in [0.2, 0.25) is 0 Å². The van der Waals surface area contributed by atoms with Crippen molar-refractivity contribution in [3.8, 4) is 5.88 Å². The fourth-order valence-corrected chi connectivity index (χ4v) is 1.94. The highest BCUT2D eigenvalue weighted by Crippen LogP contribution is 2.22. The number of carbonyl (C=O) groups is 1. The number of aromatic nitrogens is 1. The third kappa shape index (κ3) is 6.85. The maximum atomic E-state index is 12.7. The lowest BCUT2D eigenvalue weighted by atomic mass is 10.1. The molecule has 0 aliphatic heterocycles. The third-order valence-electron chi connectivity index (χ3n) is 2.77. The minimum atomic E-state index is -4.47. The second-order valence-corrected chi connectivity index (χ2v) is 5.39. The molecule has 0 bridgehead atoms. The van der Waals surface area contributed by atoms with Gasteiger partial charge in [0.25, 0.3) is 5.91 Å². The van der Waals surface area contributed by atoms with Crippen LogP contribution in [0.15, 0.2) is 18.3 Å². The number of halogens is 3. The van der Waals surface area contributed by atoms with Crippen molar-refractivity contribution in [3.63, 3.8) is 0 Å². The minimum Gasteiger partial charge on any atom is -0.475 e. The van der Waals surface area contributed by atoms with E-state index < -0.39 is 18.6 Å². The van der Waals surface area contributed by atoms with E-state index in [1.54, 1.807) is 13.8 Å². The van der Waals surface area contributed by atoms with E-state index in [4.69, 9.17) is 9.47 Å². The lowest BCUT2D eigenvalue weighted by Crippen LogP contribution is -2.41. The van der Waals surface area contributed by atoms with E-state index in [2.05, 4.69) is 4.98 Å². The van der Waals surface area contributed by atoms with E-state index in [0.717, 1.165) is 4.90 Å². The smallest absolute Gasteiger partial charge is 0.406 e. The number of hydrogen-bond acceptors (Lipinski definition) is 4. The predicted octanol–water partition coefficient (Wildman–Crippen LogP) is 2.77. The van der Waals surface area contributed by atoms with E-state index in [-0.39, 0.29) is 37.1 Å². The quantitative estimate of drug-likeness (QED) is 0.686. The summed E-state index contributed by atoms with van der Waals surface area (Å²) in [5.74, 6) is -0.849. The van der Waals surface area contributed by atoms with Gasteiger partial charge in [-0.1, -0.05) is 13.8 Å². The van der Waals surface area contributed by atoms with Crippen LogP contribution < -0.4 is 4.74 Å². The van der Waals surface area contributed by atoms with Gasteiger partial charge in [-0.05, 0) is 18.1 Å². The Kier molecular flexibility index (Phi) is 7.28. The standard InChI is InChI=1S/C15H21F3N2O3/c1-11(2)9-20(10-15(16,17)18)14(21)12-5-4-6-19-13(12)23-8-7-22-3/h4-6,11H,7-10H2,1-3H3. The van der Waals surface area contributed by atoms with Gasteiger partial charge >= 0.3 is 6.18 Å². The molecular formula is C15H21F3N2O3. The van der Waals surface area contributed by atoms with Gasteiger partial charge in [0.2, 0.25) is 5.88 Å². The SMILES string of the molecule is COCCOc1ncccc1C(=O)N(CC(C)C)CC(F)(F)F. The van der Waals surface area contributed by atoms with Gasteiger partial charge < -0.3 is 14.4 Å². The molecule has 0 aliphatic carbocycles. The number of hydrogen-bond donors (Lipinski definition) is 0. The number of nitrogens with zero attached hydrogens (tertiary/aromatic N) is 2. The molecule has 0 saturated heterocycles. The molecule has 8 heteroatoms. The number of ether oxygens (including phenoxy) is 2. The number of carbonyl (C=O) groups excluding carboxylic acids is 1. The fourth-order valence-electron chi connectivity index (χ4n) is 1.94. The molecule has 0 saturated carbocycles. The highest BCUT2D eigenvalue weighted by molar-refractivity contribution is 5.96. The molecule has 23 heavy (non-hydrogen) atoms. The van der Waals surface area contributed by atoms with Crippen LogP contribution in [-0.4, -0.2) is 55.4 Å². The summed E-state index contributed by atoms with van der Waals surface area (Å²) in [5.41, 5.74) is 0.00787. The first-order valence-corrected chi connectivity index (χ1v) is 7.17. The Balaban J connectivity index is 2.98. The summed E-state index contributed by atoms with van der Waals surface area (Å²) in [6.07, 6.45) is -3.06. The van der Waals surface area contributed by atoms with Crippen molar-refractivity contribution in [1.82, 2.24) is 9.88 Å². The zero-order valence-corrected chi connectivity index (χ0v) is 13.4. The van der Waals surface area contributed by atoms with E-state index in [1.807, 2.05) is 0 Å². The number of amides is 1. The Morgan fingerprint density at radius 3 is 2.61 bits per heavy atom. The zero-order chi connectivity index (χ0) is 17.5. The van der Waals surface area contributed by atoms with Crippen molar-refractivity contribution in [1.29, 1.82) is 0 Å². The molecule has 1 amide bonds. The van der Waals surface area contributed by atoms with Crippen molar-refractivity contribution >= 4 is 5.91 Å². The Morgan fingerprint density at radius 2 is 2.04 bits per heavy atom. The molecule has 130 valence electrons. The Hall–Kier alpha value is -1.83. The van der Waals surface area contributed by atoms with Crippen LogP contribution in [-0.2, 0) is 4.74 Å². The first-order valence-electron chi connectivity index (χ1n) is 7.17. The van der Waals surface area contributed by atoms with Crippen LogP contribution in [0.5, 0.6) is 5.88 Å². The summed E-state index contributed by atoms with van der Waals surface area (Å²) in [5, 5.41) is 0. The van der Waals surface area contributed by atoms with Crippen molar-refractivity contribution in [2.24, 2.45) is 5.92 Å². The summed E-state index contributed by atoms with van der Waals surface area (Å²) in [4.78, 5) is 17.2. The van der Waals surface area contributed by atoms with E-state index in [9.17, 15) is 18.0 Å². The van der Waals surface area contributed by atoms with Crippen LogP contribution in [0.25, 0.3) is 0 Å². The zero-order valence-electron chi connectivity index (χ0n) is 13.4. The molecule has 1 rings (SSSR count). The maximum Gasteiger partial charge on any atom is 0.406 e. The van der Waals surface area contributed by atoms with Crippen molar-refractivity contribution in [3.05, 3.63) is 23.9 Å². The molecule has 0 radical (unpaired) electrons. The van der Waals surface area contributed by atoms with Gasteiger partial charge in [0.15, 0.2) is 0 Å². The Labute approximate surface area is 133 Å². The molecular weight excluding hydrogens is 313 g/mol. The number of pyridine rings is 1. The molecule has 1 aromatic heterocycles. The lowest BCUT2D eigenvalue weighted by Gasteiger charge is -2.26. The van der Waals surface area contributed by atoms with Crippen LogP contribution in [0.3, 0.4) is 0 Å². The molecule has 0 unspecified atom stereocenters. The maximum absolute atomic E-state index is 12.7. The highest BCUT2D eigenvalue weighted by atomic mass is 19.4. The second-order valence-electron chi connectivity index (χ2n) is 5.39. The fraction of sp³-hybridized carbons (Fsp3) is 0.600. The molecule has 5 nitrogen and oxygen atoms in total. The van der Waals surface area contributed by atoms with Crippen molar-refractivity contribution in [2.75, 3.05) is 33.4 Å². The van der Waals surface area contributed by atoms with Gasteiger partial charge in [0, 0.05) is 19.9 Å². The summed E-state index contributed by atoms with van der Waals surface area (Å²) in [6.45, 7) is 2.60. The third-order valence-corrected chi connectivity index (χ3v) is 2.77. The summed E-state index contributed by atoms with van der Waals surface area (Å²) in [7, 11) is 1.49. The topological polar surface area (TPSA) is 51.7 Å². The molecule has 0 spiro atoms. The van der Waals surface area contributed by atoms with Crippen LogP contribution in [0.4, 0.5) is 13.2 Å². The van der Waals surface area contributed by atoms with Gasteiger partial charge in [0.1, 0.15) is 18.7 Å². The summed E-state index contributed by atoms with van der Waals surface area (Å²) < 4.78 is 48.3. The molecule has 1 heterocycles. The Bertz CT molecular complexity index is 507. The monoisotopic (exact) mass is 334 g/mol. The molecule has 0 N–H and O–H groups in total. The lowest BCUT2D eigenvalue weighted by molar-refractivity contribution is -0.141. The predicted molar refractivity (Wildman–Crippen MR) is 78.4 cm³/mol. The first-order chi connectivity index (χ1) is 10.7. The minimum absolute atomic E-state index is 0.00507. The van der Waals surface area contributed by atoms with E-state index in [1.165, 1.54) is 25.4 Å². The second kappa shape index (κ2) is 8.71. The normalized spacial score (nSPS) is 11.6. The number of methoxy groups -OCH3 is 1. The van der Waals surface area contributed by atoms with Gasteiger partial charge in [-0.25, -0.2) is 4.98 Å². The van der Waals surface area contributed by atoms with Gasteiger partial charge in [0.05, 0.1) is 6.61 Å². The first kappa shape index (κ1) is 19.2. The number of rotatable bonds is 8. The summed E-state index contributed by atoms with van der Waals surface area (Å²) >= 11 is 0. The van der Waals surface area contributed by atoms with Gasteiger partial charge in [-0.15, -0.1) is 0 Å². The van der Waals surface area contributed by atoms with Crippen molar-refractivity contribution < 1.29 is 27.4 Å². The molecule has 0 atom stereocenters. The van der Waals surface area contributed by atoms with E-state index in [0.29, 0.717) is 0 Å².